The van der Waals surface area contributed by atoms with Crippen LogP contribution in [0.4, 0.5) is 17.1 Å². The molecule has 1 spiro atoms. The topological polar surface area (TPSA) is 166 Å². The number of nitrogens with zero attached hydrogens (tertiary/aromatic N) is 1. The van der Waals surface area contributed by atoms with Gasteiger partial charge in [-0.05, 0) is 84.1 Å². The molecular formula is C43H47N3O8. The molecular weight excluding hydrogens is 686 g/mol. The number of allylic oxidation sites excluding steroid dienone is 1. The molecule has 0 saturated heterocycles. The van der Waals surface area contributed by atoms with Crippen molar-refractivity contribution in [2.45, 2.75) is 51.9 Å². The Bertz CT molecular complexity index is 2120. The van der Waals surface area contributed by atoms with Gasteiger partial charge in [0.25, 0.3) is 11.8 Å². The van der Waals surface area contributed by atoms with Gasteiger partial charge in [0.2, 0.25) is 0 Å². The Balaban J connectivity index is 1.17. The number of fused-ring (bicyclic) bond motifs is 3. The van der Waals surface area contributed by atoms with Crippen LogP contribution in [0.3, 0.4) is 0 Å². The van der Waals surface area contributed by atoms with E-state index in [2.05, 4.69) is 24.5 Å². The van der Waals surface area contributed by atoms with E-state index in [1.807, 2.05) is 38.1 Å². The quantitative estimate of drug-likeness (QED) is 0.154. The number of hydrogen-bond acceptors (Lipinski definition) is 9. The Kier molecular flexibility index (Phi) is 9.19. The number of ketones is 1. The summed E-state index contributed by atoms with van der Waals surface area (Å²) in [5.41, 5.74) is -1.92. The van der Waals surface area contributed by atoms with Crippen molar-refractivity contribution in [3.8, 4) is 0 Å². The van der Waals surface area contributed by atoms with Gasteiger partial charge in [-0.15, -0.1) is 0 Å². The molecule has 0 aromatic heterocycles. The van der Waals surface area contributed by atoms with Crippen LogP contribution in [0.1, 0.15) is 65.2 Å². The van der Waals surface area contributed by atoms with E-state index in [0.717, 1.165) is 0 Å². The number of aliphatic hydroxyl groups excluding tert-OH is 2. The fourth-order valence-corrected chi connectivity index (χ4v) is 9.76. The SMILES string of the molecule is CC1=C[C@]23C(=O)[C@@H](C=C(CO)[C@@H](O)[C@]2(O)[C@H]1OC(=O)c1ccccc1NC(=O)c1ccccc1NC(=O)c1ccccc1N(C)C)[C@H]1[C@@H](C[C@H]3C)C1(C)C. The van der Waals surface area contributed by atoms with Gasteiger partial charge in [-0.3, -0.25) is 14.4 Å². The minimum Gasteiger partial charge on any atom is -0.451 e. The summed E-state index contributed by atoms with van der Waals surface area (Å²) in [6, 6.07) is 19.8. The molecule has 8 atom stereocenters. The third kappa shape index (κ3) is 5.51. The van der Waals surface area contributed by atoms with Crippen molar-refractivity contribution in [3.05, 3.63) is 113 Å². The molecule has 11 heteroatoms. The minimum atomic E-state index is -2.31. The highest BCUT2D eigenvalue weighted by Gasteiger charge is 2.76. The first-order chi connectivity index (χ1) is 25.6. The maximum atomic E-state index is 14.7. The van der Waals surface area contributed by atoms with Crippen LogP contribution in [0.15, 0.2) is 96.1 Å². The Morgan fingerprint density at radius 3 is 2.07 bits per heavy atom. The molecule has 0 heterocycles. The zero-order chi connectivity index (χ0) is 38.9. The zero-order valence-electron chi connectivity index (χ0n) is 31.3. The fourth-order valence-electron chi connectivity index (χ4n) is 9.76. The number of amides is 2. The highest BCUT2D eigenvalue weighted by Crippen LogP contribution is 2.71. The summed E-state index contributed by atoms with van der Waals surface area (Å²) in [5, 5.41) is 40.8. The van der Waals surface area contributed by atoms with Crippen LogP contribution in [0, 0.1) is 34.5 Å². The van der Waals surface area contributed by atoms with Crippen LogP contribution in [-0.2, 0) is 9.53 Å². The molecule has 2 saturated carbocycles. The number of benzene rings is 3. The van der Waals surface area contributed by atoms with Crippen LogP contribution < -0.4 is 15.5 Å². The summed E-state index contributed by atoms with van der Waals surface area (Å²) in [5.74, 6) is -3.04. The third-order valence-corrected chi connectivity index (χ3v) is 12.6. The number of nitrogens with one attached hydrogen (secondary N) is 2. The summed E-state index contributed by atoms with van der Waals surface area (Å²) < 4.78 is 6.10. The Hall–Kier alpha value is -5.10. The van der Waals surface area contributed by atoms with Crippen LogP contribution >= 0.6 is 0 Å². The number of carbonyl (C=O) groups is 4. The second kappa shape index (κ2) is 13.3. The first-order valence-electron chi connectivity index (χ1n) is 18.3. The molecule has 11 nitrogen and oxygen atoms in total. The Labute approximate surface area is 314 Å². The van der Waals surface area contributed by atoms with Crippen molar-refractivity contribution in [1.82, 2.24) is 0 Å². The van der Waals surface area contributed by atoms with Crippen molar-refractivity contribution in [1.29, 1.82) is 0 Å². The van der Waals surface area contributed by atoms with Crippen LogP contribution in [-0.4, -0.2) is 77.4 Å². The van der Waals surface area contributed by atoms with Gasteiger partial charge in [-0.1, -0.05) is 69.3 Å². The van der Waals surface area contributed by atoms with E-state index in [-0.39, 0.29) is 51.1 Å². The highest BCUT2D eigenvalue weighted by atomic mass is 16.6. The Morgan fingerprint density at radius 1 is 0.889 bits per heavy atom. The van der Waals surface area contributed by atoms with Crippen LogP contribution in [0.2, 0.25) is 0 Å². The molecule has 2 fully saturated rings. The van der Waals surface area contributed by atoms with Crippen molar-refractivity contribution in [3.63, 3.8) is 0 Å². The van der Waals surface area contributed by atoms with E-state index in [4.69, 9.17) is 4.74 Å². The molecule has 5 N–H and O–H groups in total. The number of para-hydroxylation sites is 3. The van der Waals surface area contributed by atoms with Crippen molar-refractivity contribution in [2.75, 3.05) is 36.2 Å². The average Bonchev–Trinajstić information content (AvgIpc) is 3.64. The number of Topliss-reactive ketones (excluding diaryl/α,β-unsaturated/α-hetero) is 1. The number of esters is 1. The van der Waals surface area contributed by atoms with E-state index in [9.17, 15) is 34.5 Å². The lowest BCUT2D eigenvalue weighted by atomic mass is 9.59. The minimum absolute atomic E-state index is 0.0129. The zero-order valence-corrected chi connectivity index (χ0v) is 31.3. The van der Waals surface area contributed by atoms with Gasteiger partial charge < -0.3 is 35.6 Å². The summed E-state index contributed by atoms with van der Waals surface area (Å²) in [6.07, 6.45) is 0.766. The van der Waals surface area contributed by atoms with Crippen molar-refractivity contribution >= 4 is 40.6 Å². The van der Waals surface area contributed by atoms with Gasteiger partial charge in [0, 0.05) is 25.7 Å². The highest BCUT2D eigenvalue weighted by molar-refractivity contribution is 6.15. The first-order valence-corrected chi connectivity index (χ1v) is 18.3. The first kappa shape index (κ1) is 37.2. The maximum absolute atomic E-state index is 14.7. The standard InChI is InChI=1S/C43H47N3O8/c1-23-21-42-24(2)19-30-34(41(30,3)4)29(36(42)49)20-25(22-47)35(48)43(42,53)37(23)54-40(52)27-14-8-11-17-32(27)45-38(50)26-13-7-10-16-31(26)44-39(51)28-15-9-12-18-33(28)46(5)6/h7-18,20-21,24,29-30,34-35,37,47-48,53H,19,22H2,1-6H3,(H,44,51)(H,45,50)/t24-,29+,30-,34+,35-,37+,42+,43+/m1/s1. The molecule has 282 valence electrons. The van der Waals surface area contributed by atoms with E-state index in [1.165, 1.54) is 12.1 Å². The molecule has 4 aliphatic carbocycles. The summed E-state index contributed by atoms with van der Waals surface area (Å²) in [7, 11) is 3.66. The number of anilines is 3. The third-order valence-electron chi connectivity index (χ3n) is 12.6. The van der Waals surface area contributed by atoms with Gasteiger partial charge in [0.1, 0.15) is 6.10 Å². The number of rotatable bonds is 8. The molecule has 3 aromatic rings. The number of hydrogen-bond donors (Lipinski definition) is 5. The Morgan fingerprint density at radius 2 is 1.44 bits per heavy atom. The maximum Gasteiger partial charge on any atom is 0.340 e. The van der Waals surface area contributed by atoms with Crippen molar-refractivity contribution in [2.24, 2.45) is 34.5 Å². The monoisotopic (exact) mass is 733 g/mol. The van der Waals surface area contributed by atoms with Crippen LogP contribution in [0.5, 0.6) is 0 Å². The predicted molar refractivity (Wildman–Crippen MR) is 204 cm³/mol. The van der Waals surface area contributed by atoms with E-state index >= 15 is 0 Å². The molecule has 0 aliphatic heterocycles. The van der Waals surface area contributed by atoms with Gasteiger partial charge >= 0.3 is 5.97 Å². The molecule has 4 aliphatic rings. The molecule has 2 bridgehead atoms. The normalized spacial score (nSPS) is 30.4. The molecule has 54 heavy (non-hydrogen) atoms. The summed E-state index contributed by atoms with van der Waals surface area (Å²) in [6.45, 7) is 7.21. The lowest BCUT2D eigenvalue weighted by Crippen LogP contribution is -2.65. The largest absolute Gasteiger partial charge is 0.451 e. The lowest BCUT2D eigenvalue weighted by Gasteiger charge is -2.48. The fraction of sp³-hybridized carbons (Fsp3) is 0.395. The van der Waals surface area contributed by atoms with Crippen LogP contribution in [0.25, 0.3) is 0 Å². The van der Waals surface area contributed by atoms with Gasteiger partial charge in [0.15, 0.2) is 17.5 Å². The number of carbonyl (C=O) groups excluding carboxylic acids is 4. The summed E-state index contributed by atoms with van der Waals surface area (Å²) >= 11 is 0. The van der Waals surface area contributed by atoms with Gasteiger partial charge in [0.05, 0.1) is 40.1 Å². The second-order valence-corrected chi connectivity index (χ2v) is 16.1. The predicted octanol–water partition coefficient (Wildman–Crippen LogP) is 5.25. The number of ether oxygens (including phenoxy) is 1. The summed E-state index contributed by atoms with van der Waals surface area (Å²) in [4.78, 5) is 57.9. The van der Waals surface area contributed by atoms with Gasteiger partial charge in [-0.2, -0.15) is 0 Å². The van der Waals surface area contributed by atoms with E-state index in [1.54, 1.807) is 67.6 Å². The molecule has 0 radical (unpaired) electrons. The molecule has 0 unspecified atom stereocenters. The smallest absolute Gasteiger partial charge is 0.340 e. The van der Waals surface area contributed by atoms with E-state index in [0.29, 0.717) is 23.2 Å². The second-order valence-electron chi connectivity index (χ2n) is 16.1. The van der Waals surface area contributed by atoms with Gasteiger partial charge in [-0.25, -0.2) is 4.79 Å². The van der Waals surface area contributed by atoms with Crippen molar-refractivity contribution < 1.29 is 39.2 Å². The lowest BCUT2D eigenvalue weighted by molar-refractivity contribution is -0.190. The molecule has 3 aromatic carbocycles. The molecule has 2 amide bonds. The number of aliphatic hydroxyl groups is 3. The average molecular weight is 734 g/mol. The molecule has 7 rings (SSSR count). The van der Waals surface area contributed by atoms with E-state index < -0.39 is 59.5 Å².